The van der Waals surface area contributed by atoms with Gasteiger partial charge in [0.25, 0.3) is 10.0 Å². The summed E-state index contributed by atoms with van der Waals surface area (Å²) < 4.78 is 28.0. The summed E-state index contributed by atoms with van der Waals surface area (Å²) in [4.78, 5) is 4.89. The number of nitrogens with one attached hydrogen (secondary N) is 2. The summed E-state index contributed by atoms with van der Waals surface area (Å²) in [6.45, 7) is 3.53. The van der Waals surface area contributed by atoms with Gasteiger partial charge in [-0.3, -0.25) is 9.71 Å². The van der Waals surface area contributed by atoms with Crippen molar-refractivity contribution in [1.29, 1.82) is 0 Å². The molecule has 2 aromatic heterocycles. The fourth-order valence-corrected chi connectivity index (χ4v) is 4.38. The van der Waals surface area contributed by atoms with Crippen LogP contribution in [0.5, 0.6) is 0 Å². The van der Waals surface area contributed by atoms with Gasteiger partial charge in [-0.25, -0.2) is 8.42 Å². The second kappa shape index (κ2) is 6.66. The Labute approximate surface area is 130 Å². The maximum absolute atomic E-state index is 12.3. The van der Waals surface area contributed by atoms with E-state index in [1.54, 1.807) is 18.3 Å². The van der Waals surface area contributed by atoms with Gasteiger partial charge < -0.3 is 5.32 Å². The van der Waals surface area contributed by atoms with Crippen molar-refractivity contribution < 1.29 is 8.42 Å². The van der Waals surface area contributed by atoms with Gasteiger partial charge in [-0.2, -0.15) is 0 Å². The van der Waals surface area contributed by atoms with Gasteiger partial charge in [0.1, 0.15) is 4.21 Å². The zero-order chi connectivity index (χ0) is 14.6. The van der Waals surface area contributed by atoms with Gasteiger partial charge in [0.05, 0.1) is 10.2 Å². The molecule has 5 nitrogen and oxygen atoms in total. The van der Waals surface area contributed by atoms with Gasteiger partial charge in [0.15, 0.2) is 0 Å². The minimum absolute atomic E-state index is 0.300. The number of rotatable bonds is 6. The Hall–Kier alpha value is -0.960. The van der Waals surface area contributed by atoms with Gasteiger partial charge in [-0.1, -0.05) is 6.92 Å². The van der Waals surface area contributed by atoms with Gasteiger partial charge in [-0.15, -0.1) is 11.3 Å². The van der Waals surface area contributed by atoms with E-state index in [1.807, 2.05) is 13.0 Å². The van der Waals surface area contributed by atoms with Crippen molar-refractivity contribution in [3.8, 4) is 0 Å². The van der Waals surface area contributed by atoms with Crippen LogP contribution in [0.2, 0.25) is 0 Å². The second-order valence-corrected chi connectivity index (χ2v) is 7.89. The van der Waals surface area contributed by atoms with Crippen LogP contribution >= 0.6 is 27.3 Å². The topological polar surface area (TPSA) is 71.1 Å². The molecule has 0 amide bonds. The van der Waals surface area contributed by atoms with E-state index < -0.39 is 10.0 Å². The van der Waals surface area contributed by atoms with Crippen LogP contribution in [0, 0.1) is 0 Å². The summed E-state index contributed by atoms with van der Waals surface area (Å²) in [6, 6.07) is 5.05. The summed E-state index contributed by atoms with van der Waals surface area (Å²) in [7, 11) is -3.56. The van der Waals surface area contributed by atoms with Crippen LogP contribution in [0.3, 0.4) is 0 Å². The first-order valence-electron chi connectivity index (χ1n) is 5.94. The Morgan fingerprint density at radius 3 is 2.85 bits per heavy atom. The third-order valence-electron chi connectivity index (χ3n) is 2.47. The molecule has 2 N–H and O–H groups in total. The Balaban J connectivity index is 2.18. The Morgan fingerprint density at radius 1 is 1.35 bits per heavy atom. The van der Waals surface area contributed by atoms with E-state index >= 15 is 0 Å². The lowest BCUT2D eigenvalue weighted by Gasteiger charge is -2.07. The molecule has 0 bridgehead atoms. The first-order valence-corrected chi connectivity index (χ1v) is 9.04. The first kappa shape index (κ1) is 15.4. The predicted molar refractivity (Wildman–Crippen MR) is 84.4 cm³/mol. The minimum atomic E-state index is -3.56. The molecule has 0 fully saturated rings. The van der Waals surface area contributed by atoms with Crippen molar-refractivity contribution in [3.63, 3.8) is 0 Å². The zero-order valence-corrected chi connectivity index (χ0v) is 14.0. The third kappa shape index (κ3) is 3.78. The molecule has 108 valence electrons. The average Bonchev–Trinajstić information content (AvgIpc) is 2.88. The molecule has 0 aliphatic heterocycles. The molecule has 0 spiro atoms. The van der Waals surface area contributed by atoms with Crippen molar-refractivity contribution in [2.45, 2.75) is 17.7 Å². The summed E-state index contributed by atoms with van der Waals surface area (Å²) in [5.41, 5.74) is 0.474. The predicted octanol–water partition coefficient (Wildman–Crippen LogP) is 2.82. The van der Waals surface area contributed by atoms with Crippen LogP contribution in [-0.2, 0) is 16.6 Å². The maximum Gasteiger partial charge on any atom is 0.271 e. The van der Waals surface area contributed by atoms with E-state index in [1.165, 1.54) is 17.5 Å². The van der Waals surface area contributed by atoms with Crippen LogP contribution in [0.15, 0.2) is 39.3 Å². The highest BCUT2D eigenvalue weighted by Gasteiger charge is 2.18. The Morgan fingerprint density at radius 2 is 2.15 bits per heavy atom. The summed E-state index contributed by atoms with van der Waals surface area (Å²) in [5.74, 6) is 0. The fourth-order valence-electron chi connectivity index (χ4n) is 1.50. The molecule has 0 aliphatic rings. The molecular formula is C12H14BrN3O2S2. The van der Waals surface area contributed by atoms with E-state index in [2.05, 4.69) is 31.0 Å². The van der Waals surface area contributed by atoms with Gasteiger partial charge >= 0.3 is 0 Å². The molecule has 0 atom stereocenters. The average molecular weight is 376 g/mol. The van der Waals surface area contributed by atoms with E-state index in [4.69, 9.17) is 0 Å². The maximum atomic E-state index is 12.3. The summed E-state index contributed by atoms with van der Waals surface area (Å²) in [5, 5.41) is 3.17. The summed E-state index contributed by atoms with van der Waals surface area (Å²) >= 11 is 4.53. The lowest BCUT2D eigenvalue weighted by Crippen LogP contribution is -2.12. The standard InChI is InChI=1S/C12H14BrN3O2S2/c1-2-14-7-9-3-4-12(19-9)20(17,18)16-11-5-6-15-8-10(11)13/h3-6,8,14H,2,7H2,1H3,(H,15,16). The lowest BCUT2D eigenvalue weighted by molar-refractivity contribution is 0.603. The second-order valence-electron chi connectivity index (χ2n) is 3.96. The van der Waals surface area contributed by atoms with E-state index in [9.17, 15) is 8.42 Å². The Kier molecular flexibility index (Phi) is 5.14. The van der Waals surface area contributed by atoms with Gasteiger partial charge in [0.2, 0.25) is 0 Å². The fraction of sp³-hybridized carbons (Fsp3) is 0.250. The molecule has 0 saturated carbocycles. The van der Waals surface area contributed by atoms with Crippen LogP contribution in [0.1, 0.15) is 11.8 Å². The van der Waals surface area contributed by atoms with Crippen molar-refractivity contribution in [2.75, 3.05) is 11.3 Å². The quantitative estimate of drug-likeness (QED) is 0.814. The molecule has 0 radical (unpaired) electrons. The zero-order valence-electron chi connectivity index (χ0n) is 10.8. The minimum Gasteiger partial charge on any atom is -0.312 e. The number of thiophene rings is 1. The number of aromatic nitrogens is 1. The third-order valence-corrected chi connectivity index (χ3v) is 6.04. The number of pyridine rings is 1. The largest absolute Gasteiger partial charge is 0.312 e. The van der Waals surface area contributed by atoms with E-state index in [0.29, 0.717) is 20.9 Å². The SMILES string of the molecule is CCNCc1ccc(S(=O)(=O)Nc2ccncc2Br)s1. The number of halogens is 1. The van der Waals surface area contributed by atoms with Crippen molar-refractivity contribution in [3.05, 3.63) is 39.9 Å². The molecule has 0 unspecified atom stereocenters. The Bertz CT molecular complexity index is 686. The number of nitrogens with zero attached hydrogens (tertiary/aromatic N) is 1. The van der Waals surface area contributed by atoms with Gasteiger partial charge in [0, 0.05) is 23.8 Å². The molecule has 2 heterocycles. The lowest BCUT2D eigenvalue weighted by atomic mass is 10.4. The molecular weight excluding hydrogens is 362 g/mol. The highest BCUT2D eigenvalue weighted by molar-refractivity contribution is 9.10. The molecule has 8 heteroatoms. The smallest absolute Gasteiger partial charge is 0.271 e. The van der Waals surface area contributed by atoms with Gasteiger partial charge in [-0.05, 0) is 40.7 Å². The van der Waals surface area contributed by atoms with E-state index in [-0.39, 0.29) is 0 Å². The molecule has 2 aromatic rings. The number of hydrogen-bond donors (Lipinski definition) is 2. The van der Waals surface area contributed by atoms with Crippen molar-refractivity contribution in [2.24, 2.45) is 0 Å². The molecule has 20 heavy (non-hydrogen) atoms. The normalized spacial score (nSPS) is 11.5. The highest BCUT2D eigenvalue weighted by atomic mass is 79.9. The number of sulfonamides is 1. The van der Waals surface area contributed by atoms with Crippen molar-refractivity contribution in [1.82, 2.24) is 10.3 Å². The monoisotopic (exact) mass is 375 g/mol. The molecule has 2 rings (SSSR count). The van der Waals surface area contributed by atoms with E-state index in [0.717, 1.165) is 11.4 Å². The van der Waals surface area contributed by atoms with Crippen LogP contribution in [0.4, 0.5) is 5.69 Å². The van der Waals surface area contributed by atoms with Crippen LogP contribution in [0.25, 0.3) is 0 Å². The summed E-state index contributed by atoms with van der Waals surface area (Å²) in [6.07, 6.45) is 3.08. The molecule has 0 aliphatic carbocycles. The number of hydrogen-bond acceptors (Lipinski definition) is 5. The van der Waals surface area contributed by atoms with Crippen molar-refractivity contribution >= 4 is 43.0 Å². The molecule has 0 aromatic carbocycles. The number of anilines is 1. The highest BCUT2D eigenvalue weighted by Crippen LogP contribution is 2.27. The molecule has 0 saturated heterocycles. The van der Waals surface area contributed by atoms with Crippen LogP contribution in [-0.4, -0.2) is 19.9 Å². The van der Waals surface area contributed by atoms with Crippen LogP contribution < -0.4 is 10.0 Å². The first-order chi connectivity index (χ1) is 9.53.